The second kappa shape index (κ2) is 8.92. The molecule has 0 fully saturated rings. The number of halogens is 1. The molecule has 0 aliphatic rings. The van der Waals surface area contributed by atoms with Crippen LogP contribution in [0.15, 0.2) is 28.7 Å². The van der Waals surface area contributed by atoms with Crippen LogP contribution in [-0.2, 0) is 9.53 Å². The lowest BCUT2D eigenvalue weighted by molar-refractivity contribution is -0.137. The zero-order valence-corrected chi connectivity index (χ0v) is 15.9. The van der Waals surface area contributed by atoms with Gasteiger partial charge in [-0.2, -0.15) is 0 Å². The number of carboxylic acids is 1. The fourth-order valence-electron chi connectivity index (χ4n) is 2.00. The summed E-state index contributed by atoms with van der Waals surface area (Å²) in [5.74, 6) is -0.302. The number of carbonyl (C=O) groups excluding carboxylic acids is 1. The quantitative estimate of drug-likeness (QED) is 0.711. The minimum atomic E-state index is -0.930. The first-order valence-electron chi connectivity index (χ1n) is 7.70. The SMILES string of the molecule is C[C@@H](Oc1cccc(Br)c1)[C@H](CCC(=O)O)NC(=O)OC(C)(C)C.[HH]. The van der Waals surface area contributed by atoms with Crippen molar-refractivity contribution in [1.82, 2.24) is 5.32 Å². The Balaban J connectivity index is 0.00000576. The van der Waals surface area contributed by atoms with Crippen LogP contribution in [-0.4, -0.2) is 34.9 Å². The Hall–Kier alpha value is -1.76. The summed E-state index contributed by atoms with van der Waals surface area (Å²) < 4.78 is 11.9. The molecule has 136 valence electrons. The van der Waals surface area contributed by atoms with E-state index in [4.69, 9.17) is 14.6 Å². The number of benzene rings is 1. The van der Waals surface area contributed by atoms with Gasteiger partial charge in [-0.15, -0.1) is 0 Å². The van der Waals surface area contributed by atoms with E-state index in [2.05, 4.69) is 21.2 Å². The molecule has 1 rings (SSSR count). The number of carboxylic acid groups (broad SMARTS) is 1. The fourth-order valence-corrected chi connectivity index (χ4v) is 2.38. The molecule has 1 amide bonds. The molecule has 0 aliphatic heterocycles. The maximum Gasteiger partial charge on any atom is 0.408 e. The van der Waals surface area contributed by atoms with E-state index in [9.17, 15) is 9.59 Å². The topological polar surface area (TPSA) is 84.9 Å². The summed E-state index contributed by atoms with van der Waals surface area (Å²) in [6, 6.07) is 6.81. The molecule has 24 heavy (non-hydrogen) atoms. The number of alkyl carbamates (subject to hydrolysis) is 1. The van der Waals surface area contributed by atoms with Crippen LogP contribution < -0.4 is 10.1 Å². The summed E-state index contributed by atoms with van der Waals surface area (Å²) in [6.45, 7) is 7.07. The van der Waals surface area contributed by atoms with Crippen molar-refractivity contribution in [3.05, 3.63) is 28.7 Å². The van der Waals surface area contributed by atoms with Gasteiger partial charge in [-0.05, 0) is 52.3 Å². The Morgan fingerprint density at radius 3 is 2.58 bits per heavy atom. The molecule has 0 saturated heterocycles. The highest BCUT2D eigenvalue weighted by Gasteiger charge is 2.25. The van der Waals surface area contributed by atoms with E-state index in [0.717, 1.165) is 4.47 Å². The summed E-state index contributed by atoms with van der Waals surface area (Å²) in [5, 5.41) is 11.6. The summed E-state index contributed by atoms with van der Waals surface area (Å²) >= 11 is 3.36. The number of hydrogen-bond donors (Lipinski definition) is 2. The van der Waals surface area contributed by atoms with E-state index >= 15 is 0 Å². The largest absolute Gasteiger partial charge is 0.489 e. The number of ether oxygens (including phenoxy) is 2. The van der Waals surface area contributed by atoms with Crippen molar-refractivity contribution in [2.75, 3.05) is 0 Å². The van der Waals surface area contributed by atoms with E-state index in [1.54, 1.807) is 39.8 Å². The van der Waals surface area contributed by atoms with Crippen molar-refractivity contribution in [2.45, 2.75) is 58.3 Å². The molecule has 0 bridgehead atoms. The smallest absolute Gasteiger partial charge is 0.408 e. The van der Waals surface area contributed by atoms with E-state index in [1.165, 1.54) is 0 Å². The maximum atomic E-state index is 12.0. The lowest BCUT2D eigenvalue weighted by atomic mass is 10.1. The Kier molecular flexibility index (Phi) is 7.54. The molecule has 0 unspecified atom stereocenters. The molecule has 0 aliphatic carbocycles. The molecule has 0 saturated carbocycles. The van der Waals surface area contributed by atoms with Gasteiger partial charge in [0.2, 0.25) is 0 Å². The number of rotatable bonds is 7. The second-order valence-corrected chi connectivity index (χ2v) is 7.38. The van der Waals surface area contributed by atoms with Gasteiger partial charge in [-0.25, -0.2) is 4.79 Å². The van der Waals surface area contributed by atoms with E-state index in [0.29, 0.717) is 5.75 Å². The number of aliphatic carboxylic acids is 1. The predicted molar refractivity (Wildman–Crippen MR) is 96.4 cm³/mol. The van der Waals surface area contributed by atoms with Gasteiger partial charge in [0, 0.05) is 12.3 Å². The van der Waals surface area contributed by atoms with Crippen LogP contribution in [0.1, 0.15) is 42.0 Å². The van der Waals surface area contributed by atoms with Crippen molar-refractivity contribution in [2.24, 2.45) is 0 Å². The van der Waals surface area contributed by atoms with Crippen molar-refractivity contribution >= 4 is 28.0 Å². The van der Waals surface area contributed by atoms with Gasteiger partial charge in [0.1, 0.15) is 17.5 Å². The average Bonchev–Trinajstić information content (AvgIpc) is 2.41. The first kappa shape index (κ1) is 20.3. The number of amides is 1. The van der Waals surface area contributed by atoms with Crippen molar-refractivity contribution < 1.29 is 25.6 Å². The fraction of sp³-hybridized carbons (Fsp3) is 0.529. The molecule has 1 aromatic carbocycles. The third-order valence-corrected chi connectivity index (χ3v) is 3.55. The molecule has 0 radical (unpaired) electrons. The Bertz CT molecular complexity index is 576. The van der Waals surface area contributed by atoms with Crippen LogP contribution in [0.25, 0.3) is 0 Å². The average molecular weight is 404 g/mol. The molecule has 0 spiro atoms. The number of hydrogen-bond acceptors (Lipinski definition) is 4. The van der Waals surface area contributed by atoms with E-state index < -0.39 is 29.8 Å². The molecular weight excluding hydrogens is 378 g/mol. The number of nitrogens with one attached hydrogen (secondary N) is 1. The van der Waals surface area contributed by atoms with E-state index in [-0.39, 0.29) is 14.3 Å². The van der Waals surface area contributed by atoms with Gasteiger partial charge in [-0.1, -0.05) is 22.0 Å². The van der Waals surface area contributed by atoms with Crippen LogP contribution in [0, 0.1) is 0 Å². The Morgan fingerprint density at radius 1 is 1.38 bits per heavy atom. The van der Waals surface area contributed by atoms with Crippen molar-refractivity contribution in [1.29, 1.82) is 0 Å². The van der Waals surface area contributed by atoms with Crippen molar-refractivity contribution in [3.8, 4) is 5.75 Å². The third-order valence-electron chi connectivity index (χ3n) is 3.06. The van der Waals surface area contributed by atoms with E-state index in [1.807, 2.05) is 12.1 Å². The second-order valence-electron chi connectivity index (χ2n) is 6.47. The first-order chi connectivity index (χ1) is 11.1. The Labute approximate surface area is 152 Å². The normalized spacial score (nSPS) is 13.7. The monoisotopic (exact) mass is 403 g/mol. The predicted octanol–water partition coefficient (Wildman–Crippen LogP) is 4.22. The highest BCUT2D eigenvalue weighted by molar-refractivity contribution is 9.10. The van der Waals surface area contributed by atoms with Gasteiger partial charge in [0.25, 0.3) is 0 Å². The third kappa shape index (κ3) is 8.19. The molecular formula is C17H26BrNO5. The van der Waals surface area contributed by atoms with Gasteiger partial charge in [0.15, 0.2) is 0 Å². The molecule has 1 aromatic rings. The number of carbonyl (C=O) groups is 2. The molecule has 6 nitrogen and oxygen atoms in total. The van der Waals surface area contributed by atoms with Crippen molar-refractivity contribution in [3.63, 3.8) is 0 Å². The van der Waals surface area contributed by atoms with Crippen LogP contribution in [0.3, 0.4) is 0 Å². The lowest BCUT2D eigenvalue weighted by Gasteiger charge is -2.27. The highest BCUT2D eigenvalue weighted by atomic mass is 79.9. The molecule has 2 atom stereocenters. The van der Waals surface area contributed by atoms with Crippen LogP contribution >= 0.6 is 15.9 Å². The zero-order valence-electron chi connectivity index (χ0n) is 14.3. The summed E-state index contributed by atoms with van der Waals surface area (Å²) in [7, 11) is 0. The van der Waals surface area contributed by atoms with Gasteiger partial charge >= 0.3 is 12.1 Å². The molecule has 7 heteroatoms. The van der Waals surface area contributed by atoms with Crippen LogP contribution in [0.4, 0.5) is 4.79 Å². The molecule has 0 aromatic heterocycles. The molecule has 2 N–H and O–H groups in total. The van der Waals surface area contributed by atoms with Gasteiger partial charge < -0.3 is 19.9 Å². The minimum Gasteiger partial charge on any atom is -0.489 e. The van der Waals surface area contributed by atoms with Gasteiger partial charge in [-0.3, -0.25) is 4.79 Å². The Morgan fingerprint density at radius 2 is 2.04 bits per heavy atom. The highest BCUT2D eigenvalue weighted by Crippen LogP contribution is 2.20. The maximum absolute atomic E-state index is 12.0. The minimum absolute atomic E-state index is 0. The lowest BCUT2D eigenvalue weighted by Crippen LogP contribution is -2.46. The van der Waals surface area contributed by atoms with Crippen LogP contribution in [0.2, 0.25) is 0 Å². The first-order valence-corrected chi connectivity index (χ1v) is 8.49. The standard InChI is InChI=1S/C17H24BrNO5.H2/c1-11(23-13-7-5-6-12(18)10-13)14(8-9-15(20)21)19-16(22)24-17(2,3)4;/h5-7,10-11,14H,8-9H2,1-4H3,(H,19,22)(H,20,21);1H/t11-,14+;/m1./s1. The van der Waals surface area contributed by atoms with Gasteiger partial charge in [0.05, 0.1) is 6.04 Å². The molecule has 0 heterocycles. The summed E-state index contributed by atoms with van der Waals surface area (Å²) in [5.41, 5.74) is -0.629. The summed E-state index contributed by atoms with van der Waals surface area (Å²) in [4.78, 5) is 22.8. The zero-order chi connectivity index (χ0) is 18.3. The van der Waals surface area contributed by atoms with Crippen LogP contribution in [0.5, 0.6) is 5.75 Å². The summed E-state index contributed by atoms with van der Waals surface area (Å²) in [6.07, 6.45) is -0.857.